The van der Waals surface area contributed by atoms with Crippen molar-refractivity contribution in [3.8, 4) is 5.75 Å². The topological polar surface area (TPSA) is 64.6 Å². The van der Waals surface area contributed by atoms with Gasteiger partial charge >= 0.3 is 5.97 Å². The largest absolute Gasteiger partial charge is 0.493 e. The lowest BCUT2D eigenvalue weighted by molar-refractivity contribution is -0.149. The lowest BCUT2D eigenvalue weighted by Gasteiger charge is -2.35. The highest BCUT2D eigenvalue weighted by atomic mass is 16.5. The third-order valence-electron chi connectivity index (χ3n) is 4.07. The normalized spacial score (nSPS) is 16.6. The fraction of sp³-hybridized carbons (Fsp3) is 0.529. The SMILES string of the molecule is CCOc1ccccc1C(=O)NC1(C(=O)OC)CCCCC1. The lowest BCUT2D eigenvalue weighted by Crippen LogP contribution is -2.56. The average molecular weight is 305 g/mol. The van der Waals surface area contributed by atoms with E-state index in [2.05, 4.69) is 5.32 Å². The van der Waals surface area contributed by atoms with Gasteiger partial charge in [-0.05, 0) is 31.9 Å². The summed E-state index contributed by atoms with van der Waals surface area (Å²) in [4.78, 5) is 24.8. The monoisotopic (exact) mass is 305 g/mol. The first-order valence-electron chi connectivity index (χ1n) is 7.75. The van der Waals surface area contributed by atoms with Crippen molar-refractivity contribution in [2.75, 3.05) is 13.7 Å². The summed E-state index contributed by atoms with van der Waals surface area (Å²) >= 11 is 0. The third-order valence-corrected chi connectivity index (χ3v) is 4.07. The average Bonchev–Trinajstić information content (AvgIpc) is 2.55. The Kier molecular flexibility index (Phi) is 5.41. The molecule has 1 aromatic rings. The molecule has 120 valence electrons. The summed E-state index contributed by atoms with van der Waals surface area (Å²) in [5, 5.41) is 2.90. The van der Waals surface area contributed by atoms with E-state index in [1.54, 1.807) is 18.2 Å². The van der Waals surface area contributed by atoms with E-state index in [0.717, 1.165) is 19.3 Å². The lowest BCUT2D eigenvalue weighted by atomic mass is 9.81. The first-order valence-corrected chi connectivity index (χ1v) is 7.75. The summed E-state index contributed by atoms with van der Waals surface area (Å²) in [5.41, 5.74) is -0.471. The number of benzene rings is 1. The summed E-state index contributed by atoms with van der Waals surface area (Å²) in [6, 6.07) is 7.06. The second-order valence-corrected chi connectivity index (χ2v) is 5.52. The van der Waals surface area contributed by atoms with Gasteiger partial charge in [0.25, 0.3) is 5.91 Å². The molecule has 1 fully saturated rings. The zero-order valence-electron chi connectivity index (χ0n) is 13.2. The molecule has 0 spiro atoms. The van der Waals surface area contributed by atoms with Crippen LogP contribution >= 0.6 is 0 Å². The van der Waals surface area contributed by atoms with Crippen molar-refractivity contribution in [2.24, 2.45) is 0 Å². The van der Waals surface area contributed by atoms with Gasteiger partial charge in [0.2, 0.25) is 0 Å². The molecule has 1 amide bonds. The molecule has 0 aliphatic heterocycles. The maximum absolute atomic E-state index is 12.6. The highest BCUT2D eigenvalue weighted by molar-refractivity contribution is 6.00. The molecule has 2 rings (SSSR count). The quantitative estimate of drug-likeness (QED) is 0.850. The van der Waals surface area contributed by atoms with Crippen LogP contribution in [0.3, 0.4) is 0 Å². The van der Waals surface area contributed by atoms with Gasteiger partial charge in [-0.2, -0.15) is 0 Å². The van der Waals surface area contributed by atoms with Crippen LogP contribution in [0.2, 0.25) is 0 Å². The minimum absolute atomic E-state index is 0.295. The Morgan fingerprint density at radius 2 is 1.86 bits per heavy atom. The van der Waals surface area contributed by atoms with Crippen LogP contribution in [0.4, 0.5) is 0 Å². The van der Waals surface area contributed by atoms with Crippen LogP contribution in [-0.4, -0.2) is 31.1 Å². The molecule has 22 heavy (non-hydrogen) atoms. The zero-order chi connectivity index (χ0) is 16.0. The molecule has 0 heterocycles. The van der Waals surface area contributed by atoms with E-state index in [1.165, 1.54) is 7.11 Å². The van der Waals surface area contributed by atoms with Crippen LogP contribution in [-0.2, 0) is 9.53 Å². The van der Waals surface area contributed by atoms with Crippen LogP contribution in [0.1, 0.15) is 49.4 Å². The number of hydrogen-bond acceptors (Lipinski definition) is 4. The maximum Gasteiger partial charge on any atom is 0.331 e. The molecule has 0 bridgehead atoms. The molecule has 0 unspecified atom stereocenters. The molecule has 0 atom stereocenters. The zero-order valence-corrected chi connectivity index (χ0v) is 13.2. The predicted molar refractivity (Wildman–Crippen MR) is 82.9 cm³/mol. The van der Waals surface area contributed by atoms with Gasteiger partial charge in [-0.3, -0.25) is 4.79 Å². The highest BCUT2D eigenvalue weighted by Gasteiger charge is 2.42. The van der Waals surface area contributed by atoms with Crippen molar-refractivity contribution in [1.82, 2.24) is 5.32 Å². The van der Waals surface area contributed by atoms with E-state index in [1.807, 2.05) is 13.0 Å². The third kappa shape index (κ3) is 3.40. The maximum atomic E-state index is 12.6. The molecule has 1 saturated carbocycles. The van der Waals surface area contributed by atoms with Crippen molar-refractivity contribution in [3.05, 3.63) is 29.8 Å². The number of methoxy groups -OCH3 is 1. The molecule has 0 radical (unpaired) electrons. The summed E-state index contributed by atoms with van der Waals surface area (Å²) in [5.74, 6) is -0.135. The van der Waals surface area contributed by atoms with Crippen LogP contribution in [0.15, 0.2) is 24.3 Å². The van der Waals surface area contributed by atoms with Gasteiger partial charge in [-0.1, -0.05) is 31.4 Å². The van der Waals surface area contributed by atoms with E-state index in [4.69, 9.17) is 9.47 Å². The number of esters is 1. The number of carbonyl (C=O) groups excluding carboxylic acids is 2. The van der Waals surface area contributed by atoms with Crippen molar-refractivity contribution < 1.29 is 19.1 Å². The van der Waals surface area contributed by atoms with Crippen molar-refractivity contribution >= 4 is 11.9 Å². The molecule has 1 aromatic carbocycles. The number of rotatable bonds is 5. The molecule has 1 aliphatic rings. The van der Waals surface area contributed by atoms with E-state index in [0.29, 0.717) is 30.8 Å². The minimum Gasteiger partial charge on any atom is -0.493 e. The number of amides is 1. The first kappa shape index (κ1) is 16.3. The molecular formula is C17H23NO4. The molecule has 1 N–H and O–H groups in total. The van der Waals surface area contributed by atoms with Gasteiger partial charge in [0.1, 0.15) is 11.3 Å². The molecule has 5 heteroatoms. The van der Waals surface area contributed by atoms with Crippen molar-refractivity contribution in [1.29, 1.82) is 0 Å². The van der Waals surface area contributed by atoms with E-state index in [9.17, 15) is 9.59 Å². The van der Waals surface area contributed by atoms with Crippen molar-refractivity contribution in [3.63, 3.8) is 0 Å². The molecular weight excluding hydrogens is 282 g/mol. The summed E-state index contributed by atoms with van der Waals surface area (Å²) < 4.78 is 10.4. The molecule has 5 nitrogen and oxygen atoms in total. The number of hydrogen-bond donors (Lipinski definition) is 1. The summed E-state index contributed by atoms with van der Waals surface area (Å²) in [7, 11) is 1.36. The Morgan fingerprint density at radius 1 is 1.18 bits per heavy atom. The predicted octanol–water partition coefficient (Wildman–Crippen LogP) is 2.69. The van der Waals surface area contributed by atoms with Gasteiger partial charge in [-0.25, -0.2) is 4.79 Å². The highest BCUT2D eigenvalue weighted by Crippen LogP contribution is 2.30. The van der Waals surface area contributed by atoms with Crippen LogP contribution in [0.25, 0.3) is 0 Å². The Hall–Kier alpha value is -2.04. The van der Waals surface area contributed by atoms with Gasteiger partial charge < -0.3 is 14.8 Å². The first-order chi connectivity index (χ1) is 10.6. The van der Waals surface area contributed by atoms with Crippen molar-refractivity contribution in [2.45, 2.75) is 44.6 Å². The number of nitrogens with one attached hydrogen (secondary N) is 1. The van der Waals surface area contributed by atoms with Gasteiger partial charge in [0.15, 0.2) is 0 Å². The fourth-order valence-corrected chi connectivity index (χ4v) is 2.95. The minimum atomic E-state index is -0.913. The standard InChI is InChI=1S/C17H23NO4/c1-3-22-14-10-6-5-9-13(14)15(19)18-17(16(20)21-2)11-7-4-8-12-17/h5-6,9-10H,3-4,7-8,11-12H2,1-2H3,(H,18,19). The molecule has 0 saturated heterocycles. The Balaban J connectivity index is 2.23. The Bertz CT molecular complexity index is 535. The summed E-state index contributed by atoms with van der Waals surface area (Å²) in [6.45, 7) is 2.35. The van der Waals surface area contributed by atoms with Gasteiger partial charge in [0.05, 0.1) is 19.3 Å². The van der Waals surface area contributed by atoms with E-state index in [-0.39, 0.29) is 11.9 Å². The summed E-state index contributed by atoms with van der Waals surface area (Å²) in [6.07, 6.45) is 4.11. The molecule has 1 aliphatic carbocycles. The van der Waals surface area contributed by atoms with Gasteiger partial charge in [-0.15, -0.1) is 0 Å². The van der Waals surface area contributed by atoms with Crippen LogP contribution in [0.5, 0.6) is 5.75 Å². The van der Waals surface area contributed by atoms with E-state index < -0.39 is 5.54 Å². The smallest absolute Gasteiger partial charge is 0.331 e. The number of para-hydroxylation sites is 1. The van der Waals surface area contributed by atoms with E-state index >= 15 is 0 Å². The van der Waals surface area contributed by atoms with Crippen LogP contribution < -0.4 is 10.1 Å². The Labute approximate surface area is 131 Å². The number of ether oxygens (including phenoxy) is 2. The second-order valence-electron chi connectivity index (χ2n) is 5.52. The van der Waals surface area contributed by atoms with Crippen LogP contribution in [0, 0.1) is 0 Å². The molecule has 0 aromatic heterocycles. The second kappa shape index (κ2) is 7.29. The van der Waals surface area contributed by atoms with Gasteiger partial charge in [0, 0.05) is 0 Å². The number of carbonyl (C=O) groups is 2. The Morgan fingerprint density at radius 3 is 2.50 bits per heavy atom. The fourth-order valence-electron chi connectivity index (χ4n) is 2.95.